The quantitative estimate of drug-likeness (QED) is 0.245. The van der Waals surface area contributed by atoms with Gasteiger partial charge in [-0.15, -0.1) is 0 Å². The lowest BCUT2D eigenvalue weighted by Crippen LogP contribution is -2.59. The monoisotopic (exact) mass is 686 g/mol. The van der Waals surface area contributed by atoms with Crippen LogP contribution < -0.4 is 0 Å². The molecule has 4 aliphatic heterocycles. The van der Waals surface area contributed by atoms with Gasteiger partial charge in [0.05, 0.1) is 37.1 Å². The number of hydrogen-bond acceptors (Lipinski definition) is 14. The Morgan fingerprint density at radius 3 is 2.23 bits per heavy atom. The topological polar surface area (TPSA) is 181 Å². The van der Waals surface area contributed by atoms with Crippen molar-refractivity contribution in [2.45, 2.75) is 139 Å². The second-order valence-corrected chi connectivity index (χ2v) is 13.5. The lowest BCUT2D eigenvalue weighted by Gasteiger charge is -2.43. The first-order valence-electron chi connectivity index (χ1n) is 16.7. The van der Waals surface area contributed by atoms with Gasteiger partial charge in [-0.05, 0) is 52.7 Å². The molecule has 0 spiro atoms. The minimum absolute atomic E-state index is 0.0215. The largest absolute Gasteiger partial charge is 0.459 e. The molecule has 0 saturated carbocycles. The fraction of sp³-hybridized carbons (Fsp3) is 0.824. The molecule has 3 N–H and O–H groups in total. The Kier molecular flexibility index (Phi) is 13.7. The molecule has 0 aromatic carbocycles. The van der Waals surface area contributed by atoms with E-state index in [4.69, 9.17) is 42.6 Å². The Hall–Kier alpha value is -1.82. The summed E-state index contributed by atoms with van der Waals surface area (Å²) < 4.78 is 52.3. The van der Waals surface area contributed by atoms with Gasteiger partial charge in [-0.1, -0.05) is 13.0 Å². The highest BCUT2D eigenvalue weighted by Crippen LogP contribution is 2.36. The summed E-state index contributed by atoms with van der Waals surface area (Å²) >= 11 is 0. The number of fused-ring (bicyclic) bond motifs is 1. The summed E-state index contributed by atoms with van der Waals surface area (Å²) in [6, 6.07) is 0. The molecular formula is C34H54O14. The molecule has 0 bridgehead atoms. The molecule has 7 unspecified atom stereocenters. The van der Waals surface area contributed by atoms with Crippen LogP contribution in [0.4, 0.5) is 0 Å². The number of hydrogen-bond donors (Lipinski definition) is 3. The number of ether oxygens (including phenoxy) is 9. The van der Waals surface area contributed by atoms with Crippen molar-refractivity contribution in [2.75, 3.05) is 27.9 Å². The van der Waals surface area contributed by atoms with E-state index in [0.29, 0.717) is 6.42 Å². The maximum absolute atomic E-state index is 13.2. The van der Waals surface area contributed by atoms with Gasteiger partial charge >= 0.3 is 5.97 Å². The average Bonchev–Trinajstić information content (AvgIpc) is 3.81. The van der Waals surface area contributed by atoms with Crippen LogP contribution in [0.2, 0.25) is 0 Å². The fourth-order valence-electron chi connectivity index (χ4n) is 6.53. The van der Waals surface area contributed by atoms with Crippen LogP contribution in [0.1, 0.15) is 53.9 Å². The summed E-state index contributed by atoms with van der Waals surface area (Å²) in [5.41, 5.74) is -1.73. The minimum Gasteiger partial charge on any atom is -0.459 e. The summed E-state index contributed by atoms with van der Waals surface area (Å²) in [6.45, 7) is 8.58. The van der Waals surface area contributed by atoms with Crippen LogP contribution in [0.25, 0.3) is 0 Å². The standard InChI is InChI=1S/C34H54O14/c1-17-9-12-26(36)45-19(3)21(16-43-32-28(38)24(40-6)15-18(2)44-32)29-23(47-29)10-11-25(35)34(5,39)14-13-22(17)48-33-31(42-8)30(41-7)27(37)20(4)46-33/h9-12,17-24,27-33,37-39H,13-16H2,1-8H3/b11-10-,12-9+/t17?,18-,19?,20-,21?,22?,23?,24+,27-,28-,29?,30-,31-,32-,33+,34?/m1/s1. The number of carbonyl (C=O) groups excluding carboxylic acids is 2. The number of ketones is 1. The van der Waals surface area contributed by atoms with E-state index in [1.54, 1.807) is 26.0 Å². The second kappa shape index (κ2) is 16.9. The molecule has 14 nitrogen and oxygen atoms in total. The van der Waals surface area contributed by atoms with E-state index >= 15 is 0 Å². The fourth-order valence-corrected chi connectivity index (χ4v) is 6.53. The molecule has 4 rings (SSSR count). The van der Waals surface area contributed by atoms with Crippen molar-refractivity contribution in [3.8, 4) is 0 Å². The van der Waals surface area contributed by atoms with E-state index in [-0.39, 0.29) is 25.6 Å². The normalized spacial score (nSPS) is 47.5. The van der Waals surface area contributed by atoms with Gasteiger partial charge in [-0.3, -0.25) is 4.79 Å². The molecule has 3 saturated heterocycles. The molecule has 16 atom stereocenters. The summed E-state index contributed by atoms with van der Waals surface area (Å²) in [5, 5.41) is 32.5. The third-order valence-corrected chi connectivity index (χ3v) is 9.85. The zero-order chi connectivity index (χ0) is 35.3. The van der Waals surface area contributed by atoms with Crippen LogP contribution in [-0.4, -0.2) is 140 Å². The first-order chi connectivity index (χ1) is 22.7. The second-order valence-electron chi connectivity index (χ2n) is 13.5. The minimum atomic E-state index is -1.73. The maximum atomic E-state index is 13.2. The molecule has 0 aromatic heterocycles. The van der Waals surface area contributed by atoms with Gasteiger partial charge in [0.15, 0.2) is 18.4 Å². The third-order valence-electron chi connectivity index (χ3n) is 9.85. The van der Waals surface area contributed by atoms with Gasteiger partial charge in [0, 0.05) is 45.7 Å². The van der Waals surface area contributed by atoms with Gasteiger partial charge in [-0.2, -0.15) is 0 Å². The number of aliphatic hydroxyl groups excluding tert-OH is 2. The van der Waals surface area contributed by atoms with Crippen molar-refractivity contribution in [1.29, 1.82) is 0 Å². The Morgan fingerprint density at radius 2 is 1.56 bits per heavy atom. The van der Waals surface area contributed by atoms with Crippen molar-refractivity contribution in [3.63, 3.8) is 0 Å². The molecule has 3 fully saturated rings. The number of carbonyl (C=O) groups is 2. The zero-order valence-corrected chi connectivity index (χ0v) is 29.1. The van der Waals surface area contributed by atoms with E-state index in [1.165, 1.54) is 40.4 Å². The number of cyclic esters (lactones) is 1. The predicted molar refractivity (Wildman–Crippen MR) is 169 cm³/mol. The maximum Gasteiger partial charge on any atom is 0.330 e. The Balaban J connectivity index is 1.53. The molecule has 274 valence electrons. The molecule has 14 heteroatoms. The zero-order valence-electron chi connectivity index (χ0n) is 29.1. The van der Waals surface area contributed by atoms with Crippen molar-refractivity contribution >= 4 is 11.8 Å². The first-order valence-corrected chi connectivity index (χ1v) is 16.7. The summed E-state index contributed by atoms with van der Waals surface area (Å²) in [5.74, 6) is -2.00. The highest BCUT2D eigenvalue weighted by atomic mass is 16.7. The Morgan fingerprint density at radius 1 is 0.854 bits per heavy atom. The molecule has 48 heavy (non-hydrogen) atoms. The summed E-state index contributed by atoms with van der Waals surface area (Å²) in [4.78, 5) is 26.3. The highest BCUT2D eigenvalue weighted by molar-refractivity contribution is 5.96. The van der Waals surface area contributed by atoms with Crippen molar-refractivity contribution in [1.82, 2.24) is 0 Å². The number of rotatable bonds is 8. The van der Waals surface area contributed by atoms with Gasteiger partial charge in [-0.25, -0.2) is 4.79 Å². The van der Waals surface area contributed by atoms with Crippen LogP contribution in [0, 0.1) is 11.8 Å². The van der Waals surface area contributed by atoms with Crippen LogP contribution in [0.3, 0.4) is 0 Å². The lowest BCUT2D eigenvalue weighted by molar-refractivity contribution is -0.315. The van der Waals surface area contributed by atoms with Crippen molar-refractivity contribution in [2.24, 2.45) is 11.8 Å². The molecular weight excluding hydrogens is 632 g/mol. The van der Waals surface area contributed by atoms with E-state index < -0.39 is 103 Å². The SMILES string of the molecule is CO[C@@H]1[C@H](O)[C@@H](C)O[C@@H](OC2CCC(C)(O)C(=O)/C=C\C3OC3C(CO[C@@H]3O[C@H](C)C[C@H](OC)[C@H]3O)C(C)OC(=O)/C=C/C2C)[C@@H]1OC. The lowest BCUT2D eigenvalue weighted by atomic mass is 9.89. The molecule has 0 aromatic rings. The number of epoxide rings is 1. The highest BCUT2D eigenvalue weighted by Gasteiger charge is 2.49. The van der Waals surface area contributed by atoms with E-state index in [0.717, 1.165) is 0 Å². The van der Waals surface area contributed by atoms with Crippen LogP contribution >= 0.6 is 0 Å². The molecule has 0 aliphatic carbocycles. The van der Waals surface area contributed by atoms with Gasteiger partial charge in [0.1, 0.15) is 42.2 Å². The average molecular weight is 687 g/mol. The summed E-state index contributed by atoms with van der Waals surface area (Å²) in [6.07, 6.45) is -2.34. The molecule has 0 amide bonds. The van der Waals surface area contributed by atoms with E-state index in [9.17, 15) is 24.9 Å². The molecule has 4 heterocycles. The number of esters is 1. The van der Waals surface area contributed by atoms with Gasteiger partial charge < -0.3 is 58.0 Å². The smallest absolute Gasteiger partial charge is 0.330 e. The summed E-state index contributed by atoms with van der Waals surface area (Å²) in [7, 11) is 4.44. The third kappa shape index (κ3) is 9.49. The Bertz CT molecular complexity index is 1130. The van der Waals surface area contributed by atoms with Crippen molar-refractivity contribution < 1.29 is 67.5 Å². The number of methoxy groups -OCH3 is 3. The van der Waals surface area contributed by atoms with Gasteiger partial charge in [0.2, 0.25) is 0 Å². The van der Waals surface area contributed by atoms with E-state index in [1.807, 2.05) is 13.8 Å². The van der Waals surface area contributed by atoms with E-state index in [2.05, 4.69) is 0 Å². The predicted octanol–water partition coefficient (Wildman–Crippen LogP) is 1.21. The van der Waals surface area contributed by atoms with Gasteiger partial charge in [0.25, 0.3) is 0 Å². The first kappa shape index (κ1) is 39.0. The molecule has 4 aliphatic rings. The van der Waals surface area contributed by atoms with Crippen LogP contribution in [0.15, 0.2) is 24.3 Å². The van der Waals surface area contributed by atoms with Crippen LogP contribution in [-0.2, 0) is 52.2 Å². The number of aliphatic hydroxyl groups is 3. The van der Waals surface area contributed by atoms with Crippen molar-refractivity contribution in [3.05, 3.63) is 24.3 Å². The molecule has 0 radical (unpaired) electrons. The van der Waals surface area contributed by atoms with Crippen LogP contribution in [0.5, 0.6) is 0 Å². The Labute approximate surface area is 282 Å².